The number of aromatic nitrogens is 1. The summed E-state index contributed by atoms with van der Waals surface area (Å²) in [7, 11) is 0. The lowest BCUT2D eigenvalue weighted by Gasteiger charge is -2.06. The van der Waals surface area contributed by atoms with Crippen LogP contribution in [0, 0.1) is 0 Å². The van der Waals surface area contributed by atoms with E-state index in [4.69, 9.17) is 5.11 Å². The first kappa shape index (κ1) is 10.1. The van der Waals surface area contributed by atoms with Crippen molar-refractivity contribution in [3.8, 4) is 0 Å². The highest BCUT2D eigenvalue weighted by Crippen LogP contribution is 2.16. The smallest absolute Gasteiger partial charge is 0.306 e. The molecule has 1 heterocycles. The van der Waals surface area contributed by atoms with Gasteiger partial charge in [0.05, 0.1) is 12.1 Å². The molecular formula is C8H8BrNO3. The summed E-state index contributed by atoms with van der Waals surface area (Å²) in [6.07, 6.45) is 0.153. The summed E-state index contributed by atoms with van der Waals surface area (Å²) < 4.78 is 0.791. The van der Waals surface area contributed by atoms with Gasteiger partial charge in [0, 0.05) is 10.7 Å². The standard InChI is InChI=1S/C8H8BrNO3/c9-5-1-2-6(10-4-5)7(11)3-8(12)13/h1-2,4,7,11H,3H2,(H,12,13). The Morgan fingerprint density at radius 3 is 2.77 bits per heavy atom. The molecule has 1 rings (SSSR count). The zero-order chi connectivity index (χ0) is 9.84. The minimum Gasteiger partial charge on any atom is -0.481 e. The number of carboxylic acid groups (broad SMARTS) is 1. The third-order valence-electron chi connectivity index (χ3n) is 1.46. The molecule has 0 amide bonds. The Labute approximate surface area is 83.4 Å². The first-order chi connectivity index (χ1) is 6.09. The summed E-state index contributed by atoms with van der Waals surface area (Å²) in [5.74, 6) is -1.04. The maximum atomic E-state index is 10.3. The van der Waals surface area contributed by atoms with E-state index in [1.165, 1.54) is 6.20 Å². The van der Waals surface area contributed by atoms with Gasteiger partial charge in [0.1, 0.15) is 6.10 Å². The Bertz CT molecular complexity index is 299. The van der Waals surface area contributed by atoms with Crippen LogP contribution in [-0.4, -0.2) is 21.2 Å². The highest BCUT2D eigenvalue weighted by molar-refractivity contribution is 9.10. The van der Waals surface area contributed by atoms with Crippen LogP contribution in [0.4, 0.5) is 0 Å². The molecule has 5 heteroatoms. The number of aliphatic hydroxyl groups is 1. The average molecular weight is 246 g/mol. The zero-order valence-electron chi connectivity index (χ0n) is 6.64. The molecule has 13 heavy (non-hydrogen) atoms. The fraction of sp³-hybridized carbons (Fsp3) is 0.250. The first-order valence-electron chi connectivity index (χ1n) is 3.61. The van der Waals surface area contributed by atoms with E-state index in [0.717, 1.165) is 4.47 Å². The van der Waals surface area contributed by atoms with E-state index in [2.05, 4.69) is 20.9 Å². The summed E-state index contributed by atoms with van der Waals surface area (Å²) in [5, 5.41) is 17.7. The molecule has 0 aliphatic heterocycles. The number of nitrogens with zero attached hydrogens (tertiary/aromatic N) is 1. The van der Waals surface area contributed by atoms with Crippen molar-refractivity contribution < 1.29 is 15.0 Å². The molecule has 4 nitrogen and oxygen atoms in total. The van der Waals surface area contributed by atoms with Gasteiger partial charge in [-0.1, -0.05) is 0 Å². The number of carboxylic acids is 1. The Morgan fingerprint density at radius 1 is 1.62 bits per heavy atom. The number of hydrogen-bond donors (Lipinski definition) is 2. The number of carbonyl (C=O) groups is 1. The number of aliphatic carboxylic acids is 1. The molecule has 0 aliphatic rings. The second kappa shape index (κ2) is 4.34. The second-order valence-electron chi connectivity index (χ2n) is 2.51. The minimum atomic E-state index is -1.04. The lowest BCUT2D eigenvalue weighted by Crippen LogP contribution is -2.06. The van der Waals surface area contributed by atoms with Crippen LogP contribution in [0.1, 0.15) is 18.2 Å². The summed E-state index contributed by atoms with van der Waals surface area (Å²) in [4.78, 5) is 14.1. The predicted octanol–water partition coefficient (Wildman–Crippen LogP) is 1.35. The molecule has 0 saturated heterocycles. The fourth-order valence-electron chi connectivity index (χ4n) is 0.854. The maximum Gasteiger partial charge on any atom is 0.306 e. The molecule has 0 bridgehead atoms. The quantitative estimate of drug-likeness (QED) is 0.844. The van der Waals surface area contributed by atoms with E-state index in [0.29, 0.717) is 5.69 Å². The Kier molecular flexibility index (Phi) is 3.39. The van der Waals surface area contributed by atoms with E-state index in [1.807, 2.05) is 0 Å². The SMILES string of the molecule is O=C(O)CC(O)c1ccc(Br)cn1. The molecule has 0 fully saturated rings. The van der Waals surface area contributed by atoms with E-state index >= 15 is 0 Å². The summed E-state index contributed by atoms with van der Waals surface area (Å²) >= 11 is 3.18. The van der Waals surface area contributed by atoms with Crippen LogP contribution in [0.15, 0.2) is 22.8 Å². The molecule has 1 aromatic heterocycles. The Morgan fingerprint density at radius 2 is 2.31 bits per heavy atom. The Balaban J connectivity index is 2.71. The summed E-state index contributed by atoms with van der Waals surface area (Å²) in [6.45, 7) is 0. The largest absolute Gasteiger partial charge is 0.481 e. The first-order valence-corrected chi connectivity index (χ1v) is 4.40. The average Bonchev–Trinajstić information content (AvgIpc) is 2.04. The second-order valence-corrected chi connectivity index (χ2v) is 3.43. The molecule has 0 spiro atoms. The van der Waals surface area contributed by atoms with Crippen molar-refractivity contribution in [2.75, 3.05) is 0 Å². The van der Waals surface area contributed by atoms with Crippen LogP contribution in [0.2, 0.25) is 0 Å². The molecule has 1 unspecified atom stereocenters. The van der Waals surface area contributed by atoms with Crippen LogP contribution >= 0.6 is 15.9 Å². The molecule has 1 aromatic rings. The summed E-state index contributed by atoms with van der Waals surface area (Å²) in [6, 6.07) is 3.28. The maximum absolute atomic E-state index is 10.3. The van der Waals surface area contributed by atoms with Gasteiger partial charge < -0.3 is 10.2 Å². The van der Waals surface area contributed by atoms with Crippen LogP contribution in [-0.2, 0) is 4.79 Å². The van der Waals surface area contributed by atoms with Crippen molar-refractivity contribution in [3.05, 3.63) is 28.5 Å². The van der Waals surface area contributed by atoms with Crippen LogP contribution in [0.5, 0.6) is 0 Å². The zero-order valence-corrected chi connectivity index (χ0v) is 8.23. The van der Waals surface area contributed by atoms with Crippen LogP contribution in [0.25, 0.3) is 0 Å². The third kappa shape index (κ3) is 3.12. The van der Waals surface area contributed by atoms with Gasteiger partial charge in [-0.2, -0.15) is 0 Å². The van der Waals surface area contributed by atoms with Gasteiger partial charge in [0.15, 0.2) is 0 Å². The van der Waals surface area contributed by atoms with E-state index in [-0.39, 0.29) is 6.42 Å². The van der Waals surface area contributed by atoms with Crippen LogP contribution in [0.3, 0.4) is 0 Å². The number of rotatable bonds is 3. The van der Waals surface area contributed by atoms with Gasteiger partial charge in [0.25, 0.3) is 0 Å². The van der Waals surface area contributed by atoms with Crippen molar-refractivity contribution >= 4 is 21.9 Å². The van der Waals surface area contributed by atoms with Gasteiger partial charge in [0.2, 0.25) is 0 Å². The van der Waals surface area contributed by atoms with E-state index in [9.17, 15) is 9.90 Å². The lowest BCUT2D eigenvalue weighted by atomic mass is 10.2. The van der Waals surface area contributed by atoms with Crippen molar-refractivity contribution in [3.63, 3.8) is 0 Å². The molecule has 0 saturated carbocycles. The topological polar surface area (TPSA) is 70.4 Å². The Hall–Kier alpha value is -0.940. The normalized spacial score (nSPS) is 12.5. The van der Waals surface area contributed by atoms with Gasteiger partial charge in [-0.05, 0) is 28.1 Å². The molecule has 70 valence electrons. The highest BCUT2D eigenvalue weighted by Gasteiger charge is 2.12. The van der Waals surface area contributed by atoms with Crippen molar-refractivity contribution in [1.29, 1.82) is 0 Å². The number of halogens is 1. The van der Waals surface area contributed by atoms with Crippen molar-refractivity contribution in [2.24, 2.45) is 0 Å². The molecular weight excluding hydrogens is 238 g/mol. The van der Waals surface area contributed by atoms with E-state index in [1.54, 1.807) is 12.1 Å². The van der Waals surface area contributed by atoms with Crippen molar-refractivity contribution in [2.45, 2.75) is 12.5 Å². The molecule has 0 radical (unpaired) electrons. The molecule has 0 aromatic carbocycles. The van der Waals surface area contributed by atoms with Gasteiger partial charge in [-0.25, -0.2) is 0 Å². The van der Waals surface area contributed by atoms with E-state index < -0.39 is 12.1 Å². The number of pyridine rings is 1. The van der Waals surface area contributed by atoms with Crippen LogP contribution < -0.4 is 0 Å². The summed E-state index contributed by atoms with van der Waals surface area (Å²) in [5.41, 5.74) is 0.366. The number of hydrogen-bond acceptors (Lipinski definition) is 3. The van der Waals surface area contributed by atoms with Gasteiger partial charge in [-0.15, -0.1) is 0 Å². The van der Waals surface area contributed by atoms with Gasteiger partial charge >= 0.3 is 5.97 Å². The fourth-order valence-corrected chi connectivity index (χ4v) is 1.09. The number of aliphatic hydroxyl groups excluding tert-OH is 1. The van der Waals surface area contributed by atoms with Gasteiger partial charge in [-0.3, -0.25) is 9.78 Å². The molecule has 0 aliphatic carbocycles. The lowest BCUT2D eigenvalue weighted by molar-refractivity contribution is -0.139. The predicted molar refractivity (Wildman–Crippen MR) is 49.1 cm³/mol. The van der Waals surface area contributed by atoms with Crippen molar-refractivity contribution in [1.82, 2.24) is 4.98 Å². The minimum absolute atomic E-state index is 0.325. The molecule has 2 N–H and O–H groups in total. The monoisotopic (exact) mass is 245 g/mol. The molecule has 1 atom stereocenters. The highest BCUT2D eigenvalue weighted by atomic mass is 79.9. The third-order valence-corrected chi connectivity index (χ3v) is 1.93.